The van der Waals surface area contributed by atoms with Gasteiger partial charge in [-0.3, -0.25) is 4.79 Å². The topological polar surface area (TPSA) is 89.1 Å². The maximum atomic E-state index is 13.1. The van der Waals surface area contributed by atoms with E-state index in [-0.39, 0.29) is 11.9 Å². The van der Waals surface area contributed by atoms with Crippen molar-refractivity contribution >= 4 is 23.3 Å². The summed E-state index contributed by atoms with van der Waals surface area (Å²) in [6.07, 6.45) is 0.808. The van der Waals surface area contributed by atoms with E-state index in [2.05, 4.69) is 10.6 Å². The third-order valence-corrected chi connectivity index (χ3v) is 5.93. The standard InChI is InChI=1S/C27H29N3O5/c1-17-6-5-7-20(12-17)26(31)30-11-10-19-9-8-18(13-22(19)30)16-28-27(32)29-21-14-23(33-2)25(35-4)24(15-21)34-3/h5-9,12-15H,10-11,16H2,1-4H3,(H2,28,29,32). The molecule has 1 aliphatic heterocycles. The van der Waals surface area contributed by atoms with Crippen molar-refractivity contribution < 1.29 is 23.8 Å². The lowest BCUT2D eigenvalue weighted by Crippen LogP contribution is -2.29. The summed E-state index contributed by atoms with van der Waals surface area (Å²) < 4.78 is 16.0. The lowest BCUT2D eigenvalue weighted by Gasteiger charge is -2.19. The summed E-state index contributed by atoms with van der Waals surface area (Å²) in [5, 5.41) is 5.65. The number of nitrogens with one attached hydrogen (secondary N) is 2. The fraction of sp³-hybridized carbons (Fsp3) is 0.259. The number of hydrogen-bond acceptors (Lipinski definition) is 5. The van der Waals surface area contributed by atoms with E-state index in [4.69, 9.17) is 14.2 Å². The van der Waals surface area contributed by atoms with Crippen LogP contribution in [0.15, 0.2) is 54.6 Å². The number of nitrogens with zero attached hydrogens (tertiary/aromatic N) is 1. The van der Waals surface area contributed by atoms with Gasteiger partial charge in [0.25, 0.3) is 5.91 Å². The molecule has 0 spiro atoms. The maximum absolute atomic E-state index is 13.1. The van der Waals surface area contributed by atoms with Crippen molar-refractivity contribution in [2.75, 3.05) is 38.1 Å². The first-order valence-corrected chi connectivity index (χ1v) is 11.3. The van der Waals surface area contributed by atoms with E-state index in [0.717, 1.165) is 28.8 Å². The first kappa shape index (κ1) is 23.9. The quantitative estimate of drug-likeness (QED) is 0.524. The molecule has 8 nitrogen and oxygen atoms in total. The predicted molar refractivity (Wildman–Crippen MR) is 135 cm³/mol. The van der Waals surface area contributed by atoms with Gasteiger partial charge in [-0.2, -0.15) is 0 Å². The number of methoxy groups -OCH3 is 3. The molecule has 1 aliphatic rings. The molecule has 3 amide bonds. The molecule has 0 fully saturated rings. The summed E-state index contributed by atoms with van der Waals surface area (Å²) in [6.45, 7) is 2.91. The smallest absolute Gasteiger partial charge is 0.319 e. The molecule has 0 atom stereocenters. The number of carbonyl (C=O) groups excluding carboxylic acids is 2. The highest BCUT2D eigenvalue weighted by Crippen LogP contribution is 2.40. The fourth-order valence-electron chi connectivity index (χ4n) is 4.19. The third kappa shape index (κ3) is 5.16. The summed E-state index contributed by atoms with van der Waals surface area (Å²) in [4.78, 5) is 27.5. The predicted octanol–water partition coefficient (Wildman–Crippen LogP) is 4.55. The minimum Gasteiger partial charge on any atom is -0.493 e. The lowest BCUT2D eigenvalue weighted by atomic mass is 10.1. The van der Waals surface area contributed by atoms with Gasteiger partial charge in [-0.15, -0.1) is 0 Å². The molecule has 0 unspecified atom stereocenters. The highest BCUT2D eigenvalue weighted by atomic mass is 16.5. The number of anilines is 2. The SMILES string of the molecule is COc1cc(NC(=O)NCc2ccc3c(c2)N(C(=O)c2cccc(C)c2)CC3)cc(OC)c1OC. The molecule has 1 heterocycles. The van der Waals surface area contributed by atoms with Gasteiger partial charge in [0.1, 0.15) is 0 Å². The van der Waals surface area contributed by atoms with Crippen LogP contribution in [-0.4, -0.2) is 39.8 Å². The number of hydrogen-bond donors (Lipinski definition) is 2. The van der Waals surface area contributed by atoms with Crippen molar-refractivity contribution in [3.63, 3.8) is 0 Å². The van der Waals surface area contributed by atoms with Gasteiger partial charge in [-0.25, -0.2) is 4.79 Å². The molecule has 0 bridgehead atoms. The molecule has 0 aromatic heterocycles. The van der Waals surface area contributed by atoms with Gasteiger partial charge in [-0.05, 0) is 42.7 Å². The van der Waals surface area contributed by atoms with E-state index in [1.54, 1.807) is 12.1 Å². The molecule has 2 N–H and O–H groups in total. The Labute approximate surface area is 204 Å². The van der Waals surface area contributed by atoms with Crippen LogP contribution in [0, 0.1) is 6.92 Å². The van der Waals surface area contributed by atoms with Crippen LogP contribution in [0.2, 0.25) is 0 Å². The van der Waals surface area contributed by atoms with Crippen LogP contribution in [0.5, 0.6) is 17.2 Å². The number of benzene rings is 3. The number of fused-ring (bicyclic) bond motifs is 1. The number of carbonyl (C=O) groups is 2. The van der Waals surface area contributed by atoms with Gasteiger partial charge >= 0.3 is 6.03 Å². The van der Waals surface area contributed by atoms with Crippen molar-refractivity contribution in [2.24, 2.45) is 0 Å². The van der Waals surface area contributed by atoms with Crippen LogP contribution in [0.1, 0.15) is 27.0 Å². The number of amides is 3. The average Bonchev–Trinajstić information content (AvgIpc) is 3.29. The van der Waals surface area contributed by atoms with Gasteiger partial charge in [0.15, 0.2) is 11.5 Å². The zero-order valence-electron chi connectivity index (χ0n) is 20.3. The van der Waals surface area contributed by atoms with E-state index in [0.29, 0.717) is 41.6 Å². The molecule has 4 rings (SSSR count). The molecule has 0 radical (unpaired) electrons. The normalized spacial score (nSPS) is 12.1. The summed E-state index contributed by atoms with van der Waals surface area (Å²) >= 11 is 0. The highest BCUT2D eigenvalue weighted by molar-refractivity contribution is 6.07. The second-order valence-corrected chi connectivity index (χ2v) is 8.26. The van der Waals surface area contributed by atoms with Crippen molar-refractivity contribution in [3.05, 3.63) is 76.9 Å². The van der Waals surface area contributed by atoms with Crippen LogP contribution in [0.25, 0.3) is 0 Å². The minimum atomic E-state index is -0.382. The second kappa shape index (κ2) is 10.4. The monoisotopic (exact) mass is 475 g/mol. The van der Waals surface area contributed by atoms with Crippen molar-refractivity contribution in [1.82, 2.24) is 5.32 Å². The molecule has 0 aliphatic carbocycles. The number of aryl methyl sites for hydroxylation is 1. The Hall–Kier alpha value is -4.20. The molecule has 0 saturated heterocycles. The Balaban J connectivity index is 1.44. The van der Waals surface area contributed by atoms with E-state index < -0.39 is 0 Å². The Kier molecular flexibility index (Phi) is 7.10. The van der Waals surface area contributed by atoms with Gasteiger partial charge in [-0.1, -0.05) is 29.8 Å². The molecule has 0 saturated carbocycles. The lowest BCUT2D eigenvalue weighted by molar-refractivity contribution is 0.0989. The second-order valence-electron chi connectivity index (χ2n) is 8.26. The first-order chi connectivity index (χ1) is 16.9. The van der Waals surface area contributed by atoms with Gasteiger partial charge in [0.2, 0.25) is 5.75 Å². The first-order valence-electron chi connectivity index (χ1n) is 11.3. The number of ether oxygens (including phenoxy) is 3. The summed E-state index contributed by atoms with van der Waals surface area (Å²) in [6, 6.07) is 16.5. The van der Waals surface area contributed by atoms with E-state index in [1.165, 1.54) is 21.3 Å². The van der Waals surface area contributed by atoms with Crippen molar-refractivity contribution in [3.8, 4) is 17.2 Å². The van der Waals surface area contributed by atoms with E-state index >= 15 is 0 Å². The molecule has 8 heteroatoms. The van der Waals surface area contributed by atoms with Gasteiger partial charge in [0.05, 0.1) is 27.0 Å². The molecule has 182 valence electrons. The number of rotatable bonds is 7. The summed E-state index contributed by atoms with van der Waals surface area (Å²) in [5.41, 5.74) is 5.13. The Bertz CT molecular complexity index is 1230. The summed E-state index contributed by atoms with van der Waals surface area (Å²) in [7, 11) is 4.55. The van der Waals surface area contributed by atoms with Crippen LogP contribution < -0.4 is 29.7 Å². The molecule has 3 aromatic rings. The zero-order chi connectivity index (χ0) is 24.9. The van der Waals surface area contributed by atoms with Crippen LogP contribution >= 0.6 is 0 Å². The minimum absolute atomic E-state index is 0.0160. The van der Waals surface area contributed by atoms with E-state index in [9.17, 15) is 9.59 Å². The molecule has 35 heavy (non-hydrogen) atoms. The van der Waals surface area contributed by atoms with Crippen molar-refractivity contribution in [2.45, 2.75) is 19.9 Å². The third-order valence-electron chi connectivity index (χ3n) is 5.93. The maximum Gasteiger partial charge on any atom is 0.319 e. The molecular weight excluding hydrogens is 446 g/mol. The van der Waals surface area contributed by atoms with E-state index in [1.807, 2.05) is 54.3 Å². The van der Waals surface area contributed by atoms with Crippen LogP contribution in [0.3, 0.4) is 0 Å². The van der Waals surface area contributed by atoms with Gasteiger partial charge < -0.3 is 29.7 Å². The zero-order valence-corrected chi connectivity index (χ0v) is 20.3. The van der Waals surface area contributed by atoms with Crippen LogP contribution in [0.4, 0.5) is 16.2 Å². The molecule has 3 aromatic carbocycles. The van der Waals surface area contributed by atoms with Crippen LogP contribution in [-0.2, 0) is 13.0 Å². The Morgan fingerprint density at radius 2 is 1.69 bits per heavy atom. The van der Waals surface area contributed by atoms with Crippen molar-refractivity contribution in [1.29, 1.82) is 0 Å². The Morgan fingerprint density at radius 3 is 2.34 bits per heavy atom. The highest BCUT2D eigenvalue weighted by Gasteiger charge is 2.26. The molecular formula is C27H29N3O5. The Morgan fingerprint density at radius 1 is 0.943 bits per heavy atom. The number of urea groups is 1. The van der Waals surface area contributed by atoms with Gasteiger partial charge in [0, 0.05) is 36.5 Å². The fourth-order valence-corrected chi connectivity index (χ4v) is 4.19. The summed E-state index contributed by atoms with van der Waals surface area (Å²) in [5.74, 6) is 1.32. The average molecular weight is 476 g/mol. The largest absolute Gasteiger partial charge is 0.493 e.